The maximum absolute atomic E-state index is 3.56. The first kappa shape index (κ1) is 20.0. The van der Waals surface area contributed by atoms with Gasteiger partial charge in [-0.3, -0.25) is 0 Å². The summed E-state index contributed by atoms with van der Waals surface area (Å²) in [6.45, 7) is 10.2. The predicted octanol–water partition coefficient (Wildman–Crippen LogP) is 6.47. The molecule has 0 bridgehead atoms. The van der Waals surface area contributed by atoms with Gasteiger partial charge in [-0.15, -0.1) is 0 Å². The Kier molecular flexibility index (Phi) is 13.9. The molecule has 20 heavy (non-hydrogen) atoms. The van der Waals surface area contributed by atoms with Crippen molar-refractivity contribution in [1.82, 2.24) is 5.32 Å². The number of rotatable bonds is 14. The normalized spacial score (nSPS) is 12.0. The van der Waals surface area contributed by atoms with Crippen molar-refractivity contribution in [1.29, 1.82) is 0 Å². The summed E-state index contributed by atoms with van der Waals surface area (Å²) in [6.07, 6.45) is 18.7. The molecule has 0 saturated carbocycles. The molecule has 0 aliphatic carbocycles. The van der Waals surface area contributed by atoms with Crippen molar-refractivity contribution >= 4 is 0 Å². The zero-order chi connectivity index (χ0) is 15.1. The summed E-state index contributed by atoms with van der Waals surface area (Å²) in [5.41, 5.74) is 0.289. The number of hydrogen-bond donors (Lipinski definition) is 1. The third kappa shape index (κ3) is 18.0. The van der Waals surface area contributed by atoms with Crippen molar-refractivity contribution < 1.29 is 0 Å². The summed E-state index contributed by atoms with van der Waals surface area (Å²) >= 11 is 0. The molecule has 0 unspecified atom stereocenters. The SMILES string of the molecule is CCCCCCCCCCCCCCCNC(C)(C)C. The first-order valence-corrected chi connectivity index (χ1v) is 9.31. The van der Waals surface area contributed by atoms with E-state index in [2.05, 4.69) is 33.0 Å². The molecule has 0 spiro atoms. The smallest absolute Gasteiger partial charge is 0.00965 e. The van der Waals surface area contributed by atoms with E-state index < -0.39 is 0 Å². The van der Waals surface area contributed by atoms with Crippen LogP contribution in [0, 0.1) is 0 Å². The molecule has 0 aromatic rings. The van der Waals surface area contributed by atoms with Gasteiger partial charge in [0.25, 0.3) is 0 Å². The summed E-state index contributed by atoms with van der Waals surface area (Å²) in [4.78, 5) is 0. The van der Waals surface area contributed by atoms with E-state index in [1.807, 2.05) is 0 Å². The molecule has 1 N–H and O–H groups in total. The second-order valence-electron chi connectivity index (χ2n) is 7.42. The lowest BCUT2D eigenvalue weighted by molar-refractivity contribution is 0.415. The Morgan fingerprint density at radius 1 is 0.550 bits per heavy atom. The van der Waals surface area contributed by atoms with Crippen molar-refractivity contribution in [3.05, 3.63) is 0 Å². The van der Waals surface area contributed by atoms with Crippen LogP contribution in [-0.2, 0) is 0 Å². The fourth-order valence-electron chi connectivity index (χ4n) is 2.61. The van der Waals surface area contributed by atoms with Crippen LogP contribution in [0.2, 0.25) is 0 Å². The van der Waals surface area contributed by atoms with Crippen molar-refractivity contribution in [2.24, 2.45) is 0 Å². The largest absolute Gasteiger partial charge is 0.312 e. The van der Waals surface area contributed by atoms with E-state index in [1.54, 1.807) is 0 Å². The van der Waals surface area contributed by atoms with E-state index in [4.69, 9.17) is 0 Å². The van der Waals surface area contributed by atoms with Crippen LogP contribution in [0.3, 0.4) is 0 Å². The lowest BCUT2D eigenvalue weighted by Gasteiger charge is -2.20. The van der Waals surface area contributed by atoms with Crippen molar-refractivity contribution in [2.75, 3.05) is 6.54 Å². The molecule has 0 fully saturated rings. The molecule has 0 aliphatic heterocycles. The highest BCUT2D eigenvalue weighted by atomic mass is 14.9. The maximum atomic E-state index is 3.56. The van der Waals surface area contributed by atoms with Crippen LogP contribution >= 0.6 is 0 Å². The first-order chi connectivity index (χ1) is 9.56. The van der Waals surface area contributed by atoms with Crippen molar-refractivity contribution in [2.45, 2.75) is 117 Å². The van der Waals surface area contributed by atoms with Crippen molar-refractivity contribution in [3.8, 4) is 0 Å². The molecule has 122 valence electrons. The molecule has 0 rings (SSSR count). The number of unbranched alkanes of at least 4 members (excludes halogenated alkanes) is 12. The molecular weight excluding hydrogens is 242 g/mol. The summed E-state index contributed by atoms with van der Waals surface area (Å²) in [6, 6.07) is 0. The van der Waals surface area contributed by atoms with Gasteiger partial charge in [0.05, 0.1) is 0 Å². The monoisotopic (exact) mass is 283 g/mol. The van der Waals surface area contributed by atoms with E-state index in [0.717, 1.165) is 0 Å². The Hall–Kier alpha value is -0.0400. The molecule has 1 nitrogen and oxygen atoms in total. The second kappa shape index (κ2) is 13.9. The Bertz CT molecular complexity index is 181. The molecule has 0 aromatic heterocycles. The van der Waals surface area contributed by atoms with Crippen LogP contribution < -0.4 is 5.32 Å². The average Bonchev–Trinajstić information content (AvgIpc) is 2.38. The van der Waals surface area contributed by atoms with Gasteiger partial charge in [-0.05, 0) is 33.7 Å². The summed E-state index contributed by atoms with van der Waals surface area (Å²) < 4.78 is 0. The van der Waals surface area contributed by atoms with E-state index in [0.29, 0.717) is 0 Å². The molecule has 0 heterocycles. The molecular formula is C19H41N. The molecule has 1 heteroatoms. The van der Waals surface area contributed by atoms with Crippen LogP contribution in [0.25, 0.3) is 0 Å². The quantitative estimate of drug-likeness (QED) is 0.360. The van der Waals surface area contributed by atoms with Gasteiger partial charge >= 0.3 is 0 Å². The van der Waals surface area contributed by atoms with E-state index in [9.17, 15) is 0 Å². The average molecular weight is 284 g/mol. The third-order valence-electron chi connectivity index (χ3n) is 3.94. The van der Waals surface area contributed by atoms with Crippen LogP contribution in [0.4, 0.5) is 0 Å². The predicted molar refractivity (Wildman–Crippen MR) is 93.5 cm³/mol. The highest BCUT2D eigenvalue weighted by Crippen LogP contribution is 2.12. The van der Waals surface area contributed by atoms with Gasteiger partial charge < -0.3 is 5.32 Å². The van der Waals surface area contributed by atoms with Crippen LogP contribution in [0.15, 0.2) is 0 Å². The molecule has 0 atom stereocenters. The zero-order valence-electron chi connectivity index (χ0n) is 14.9. The van der Waals surface area contributed by atoms with Gasteiger partial charge in [-0.2, -0.15) is 0 Å². The summed E-state index contributed by atoms with van der Waals surface area (Å²) in [5, 5.41) is 3.56. The van der Waals surface area contributed by atoms with Gasteiger partial charge in [0.2, 0.25) is 0 Å². The highest BCUT2D eigenvalue weighted by Gasteiger charge is 2.06. The Morgan fingerprint density at radius 3 is 1.25 bits per heavy atom. The summed E-state index contributed by atoms with van der Waals surface area (Å²) in [7, 11) is 0. The highest BCUT2D eigenvalue weighted by molar-refractivity contribution is 4.69. The first-order valence-electron chi connectivity index (χ1n) is 9.31. The minimum Gasteiger partial charge on any atom is -0.312 e. The molecule has 0 saturated heterocycles. The lowest BCUT2D eigenvalue weighted by Crippen LogP contribution is -2.36. The Morgan fingerprint density at radius 2 is 0.900 bits per heavy atom. The van der Waals surface area contributed by atoms with Gasteiger partial charge in [-0.25, -0.2) is 0 Å². The lowest BCUT2D eigenvalue weighted by atomic mass is 10.0. The minimum atomic E-state index is 0.289. The van der Waals surface area contributed by atoms with Crippen LogP contribution in [-0.4, -0.2) is 12.1 Å². The number of nitrogens with one attached hydrogen (secondary N) is 1. The van der Waals surface area contributed by atoms with Gasteiger partial charge in [-0.1, -0.05) is 84.0 Å². The topological polar surface area (TPSA) is 12.0 Å². The van der Waals surface area contributed by atoms with E-state index in [1.165, 1.54) is 90.0 Å². The molecule has 0 amide bonds. The minimum absolute atomic E-state index is 0.289. The van der Waals surface area contributed by atoms with Crippen molar-refractivity contribution in [3.63, 3.8) is 0 Å². The van der Waals surface area contributed by atoms with Gasteiger partial charge in [0.15, 0.2) is 0 Å². The van der Waals surface area contributed by atoms with Crippen LogP contribution in [0.1, 0.15) is 111 Å². The molecule has 0 radical (unpaired) electrons. The standard InChI is InChI=1S/C19H41N/c1-5-6-7-8-9-10-11-12-13-14-15-16-17-18-20-19(2,3)4/h20H,5-18H2,1-4H3. The maximum Gasteiger partial charge on any atom is 0.00965 e. The fraction of sp³-hybridized carbons (Fsp3) is 1.00. The number of hydrogen-bond acceptors (Lipinski definition) is 1. The molecule has 0 aliphatic rings. The zero-order valence-corrected chi connectivity index (χ0v) is 14.9. The van der Waals surface area contributed by atoms with E-state index >= 15 is 0 Å². The second-order valence-corrected chi connectivity index (χ2v) is 7.42. The van der Waals surface area contributed by atoms with Crippen LogP contribution in [0.5, 0.6) is 0 Å². The fourth-order valence-corrected chi connectivity index (χ4v) is 2.61. The van der Waals surface area contributed by atoms with E-state index in [-0.39, 0.29) is 5.54 Å². The summed E-state index contributed by atoms with van der Waals surface area (Å²) in [5.74, 6) is 0. The van der Waals surface area contributed by atoms with Gasteiger partial charge in [0, 0.05) is 5.54 Å². The Labute approximate surface area is 129 Å². The molecule has 0 aromatic carbocycles. The Balaban J connectivity index is 2.99. The third-order valence-corrected chi connectivity index (χ3v) is 3.94. The van der Waals surface area contributed by atoms with Gasteiger partial charge in [0.1, 0.15) is 0 Å².